The number of ether oxygens (including phenoxy) is 3. The van der Waals surface area contributed by atoms with E-state index in [2.05, 4.69) is 27.4 Å². The minimum absolute atomic E-state index is 0.0663. The number of nitrogens with two attached hydrogens (primary N) is 2. The maximum absolute atomic E-state index is 12.9. The molecule has 11 nitrogen and oxygen atoms in total. The number of anilines is 3. The zero-order valence-electron chi connectivity index (χ0n) is 30.0. The number of rotatable bonds is 8. The van der Waals surface area contributed by atoms with E-state index in [0.717, 1.165) is 58.4 Å². The van der Waals surface area contributed by atoms with Crippen LogP contribution in [-0.4, -0.2) is 48.0 Å². The predicted octanol–water partition coefficient (Wildman–Crippen LogP) is 8.25. The first-order valence-electron chi connectivity index (χ1n) is 17.3. The minimum atomic E-state index is -0.435. The van der Waals surface area contributed by atoms with Crippen molar-refractivity contribution >= 4 is 51.5 Å². The van der Waals surface area contributed by atoms with Crippen molar-refractivity contribution in [3.05, 3.63) is 117 Å². The second-order valence-electron chi connectivity index (χ2n) is 13.0. The first kappa shape index (κ1) is 37.0. The lowest BCUT2D eigenvalue weighted by molar-refractivity contribution is 0.0914. The predicted molar refractivity (Wildman–Crippen MR) is 207 cm³/mol. The van der Waals surface area contributed by atoms with Crippen LogP contribution < -0.4 is 31.0 Å². The van der Waals surface area contributed by atoms with Crippen molar-refractivity contribution in [1.82, 2.24) is 9.97 Å². The highest BCUT2D eigenvalue weighted by atomic mass is 35.5. The van der Waals surface area contributed by atoms with E-state index in [1.165, 1.54) is 5.56 Å². The maximum atomic E-state index is 12.9. The number of aliphatic hydroxyl groups excluding tert-OH is 1. The smallest absolute Gasteiger partial charge is 0.228 e. The van der Waals surface area contributed by atoms with Crippen LogP contribution >= 0.6 is 11.6 Å². The van der Waals surface area contributed by atoms with E-state index in [4.69, 9.17) is 37.3 Å². The van der Waals surface area contributed by atoms with Crippen LogP contribution in [0.1, 0.15) is 69.0 Å². The lowest BCUT2D eigenvalue weighted by Crippen LogP contribution is -2.28. The molecule has 1 saturated carbocycles. The molecule has 0 saturated heterocycles. The number of Topliss-reactive ketones (excluding diaryl/α,β-unsaturated/α-hetero) is 2. The normalized spacial score (nSPS) is 16.8. The Labute approximate surface area is 312 Å². The maximum Gasteiger partial charge on any atom is 0.228 e. The molecule has 1 heterocycles. The molecule has 1 fully saturated rings. The summed E-state index contributed by atoms with van der Waals surface area (Å²) in [7, 11) is 4.75. The zero-order valence-corrected chi connectivity index (χ0v) is 30.8. The van der Waals surface area contributed by atoms with Crippen LogP contribution in [0.15, 0.2) is 84.1 Å². The molecule has 0 aliphatic heterocycles. The molecule has 6 N–H and O–H groups in total. The summed E-state index contributed by atoms with van der Waals surface area (Å²) >= 11 is 5.96. The van der Waals surface area contributed by atoms with Gasteiger partial charge in [-0.15, -0.1) is 0 Å². The third-order valence-electron chi connectivity index (χ3n) is 10.0. The third-order valence-corrected chi connectivity index (χ3v) is 10.3. The summed E-state index contributed by atoms with van der Waals surface area (Å²) in [5.41, 5.74) is 17.6. The molecule has 0 atom stereocenters. The van der Waals surface area contributed by atoms with Gasteiger partial charge in [0.1, 0.15) is 5.82 Å². The van der Waals surface area contributed by atoms with Gasteiger partial charge in [-0.3, -0.25) is 9.59 Å². The van der Waals surface area contributed by atoms with Gasteiger partial charge in [0.25, 0.3) is 0 Å². The van der Waals surface area contributed by atoms with Gasteiger partial charge in [0.2, 0.25) is 17.5 Å². The number of aryl methyl sites for hydroxylation is 1. The van der Waals surface area contributed by atoms with Crippen molar-refractivity contribution in [1.29, 1.82) is 0 Å². The fraction of sp³-hybridized carbons (Fsp3) is 0.268. The van der Waals surface area contributed by atoms with E-state index in [9.17, 15) is 14.7 Å². The molecule has 0 unspecified atom stereocenters. The van der Waals surface area contributed by atoms with E-state index in [-0.39, 0.29) is 23.4 Å². The minimum Gasteiger partial charge on any atom is -0.504 e. The van der Waals surface area contributed by atoms with Crippen molar-refractivity contribution in [2.45, 2.75) is 45.1 Å². The largest absolute Gasteiger partial charge is 0.504 e. The van der Waals surface area contributed by atoms with E-state index in [1.807, 2.05) is 43.3 Å². The van der Waals surface area contributed by atoms with Crippen molar-refractivity contribution in [3.63, 3.8) is 0 Å². The molecular weight excluding hydrogens is 694 g/mol. The summed E-state index contributed by atoms with van der Waals surface area (Å²) < 4.78 is 16.1. The number of hydrogen-bond donors (Lipinski definition) is 4. The number of halogens is 1. The molecule has 2 aliphatic rings. The molecule has 0 radical (unpaired) electrons. The van der Waals surface area contributed by atoms with Gasteiger partial charge in [0.05, 0.1) is 26.8 Å². The zero-order chi connectivity index (χ0) is 37.8. The SMILES string of the molecule is COc1cc(NCc2ccc3nc(N)nc(N)c3c2C)cc(OC)c1OC.O=C1C(O)=C([C@H]2CC[C@H](c3ccc(Cl)cc3)CC2)C(=O)c2ccccc21. The summed E-state index contributed by atoms with van der Waals surface area (Å²) in [6.07, 6.45) is 3.42. The molecule has 1 aromatic heterocycles. The standard InChI is InChI=1S/C22H19ClO3.C19H23N5O3/c23-16-11-9-14(10-12-16)13-5-7-15(8-6-13)19-20(24)17-3-1-2-4-18(17)21(25)22(19)26;1-10-11(5-6-13-16(10)18(20)24-19(21)23-13)9-22-12-7-14(25-2)17(27-4)15(8-12)26-3/h1-4,9-13,15,26H,5-8H2;5-8,22H,9H2,1-4H3,(H4,20,21,23,24)/t13-,15-;. The van der Waals surface area contributed by atoms with Gasteiger partial charge in [-0.25, -0.2) is 4.98 Å². The second kappa shape index (κ2) is 15.8. The number of hydrogen-bond acceptors (Lipinski definition) is 11. The number of carbonyl (C=O) groups excluding carboxylic acids is 2. The lowest BCUT2D eigenvalue weighted by atomic mass is 9.72. The molecule has 274 valence electrons. The van der Waals surface area contributed by atoms with Gasteiger partial charge in [-0.05, 0) is 79.3 Å². The molecule has 0 bridgehead atoms. The molecule has 7 rings (SSSR count). The number of carbonyl (C=O) groups is 2. The van der Waals surface area contributed by atoms with Crippen molar-refractivity contribution in [3.8, 4) is 17.2 Å². The quantitative estimate of drug-likeness (QED) is 0.121. The topological polar surface area (TPSA) is 172 Å². The number of nitrogens with one attached hydrogen (secondary N) is 1. The van der Waals surface area contributed by atoms with Gasteiger partial charge < -0.3 is 36.1 Å². The molecule has 0 amide bonds. The van der Waals surface area contributed by atoms with Crippen molar-refractivity contribution in [2.75, 3.05) is 38.1 Å². The summed E-state index contributed by atoms with van der Waals surface area (Å²) in [6, 6.07) is 22.2. The van der Waals surface area contributed by atoms with Gasteiger partial charge in [0, 0.05) is 51.5 Å². The summed E-state index contributed by atoms with van der Waals surface area (Å²) in [5.74, 6) is 1.63. The Morgan fingerprint density at radius 1 is 0.811 bits per heavy atom. The number of nitrogen functional groups attached to an aromatic ring is 2. The first-order valence-corrected chi connectivity index (χ1v) is 17.6. The van der Waals surface area contributed by atoms with Crippen LogP contribution in [0.5, 0.6) is 17.2 Å². The number of aliphatic hydroxyl groups is 1. The first-order chi connectivity index (χ1) is 25.5. The second-order valence-corrected chi connectivity index (χ2v) is 13.5. The highest BCUT2D eigenvalue weighted by Crippen LogP contribution is 2.43. The average molecular weight is 736 g/mol. The van der Waals surface area contributed by atoms with Gasteiger partial charge in [-0.1, -0.05) is 54.1 Å². The van der Waals surface area contributed by atoms with Crippen LogP contribution in [0.4, 0.5) is 17.5 Å². The Morgan fingerprint density at radius 2 is 1.42 bits per heavy atom. The average Bonchev–Trinajstić information content (AvgIpc) is 3.17. The molecule has 0 spiro atoms. The van der Waals surface area contributed by atoms with E-state index >= 15 is 0 Å². The number of aromatic nitrogens is 2. The van der Waals surface area contributed by atoms with Gasteiger partial charge in [0.15, 0.2) is 23.0 Å². The number of methoxy groups -OCH3 is 3. The number of nitrogens with zero attached hydrogens (tertiary/aromatic N) is 2. The van der Waals surface area contributed by atoms with Crippen LogP contribution in [0, 0.1) is 12.8 Å². The van der Waals surface area contributed by atoms with Gasteiger partial charge in [-0.2, -0.15) is 4.98 Å². The summed E-state index contributed by atoms with van der Waals surface area (Å²) in [6.45, 7) is 2.56. The molecule has 12 heteroatoms. The van der Waals surface area contributed by atoms with Crippen LogP contribution in [0.3, 0.4) is 0 Å². The summed E-state index contributed by atoms with van der Waals surface area (Å²) in [5, 5.41) is 15.3. The van der Waals surface area contributed by atoms with Crippen molar-refractivity contribution < 1.29 is 28.9 Å². The summed E-state index contributed by atoms with van der Waals surface area (Å²) in [4.78, 5) is 33.6. The monoisotopic (exact) mass is 735 g/mol. The van der Waals surface area contributed by atoms with Crippen LogP contribution in [0.2, 0.25) is 5.02 Å². The Balaban J connectivity index is 0.000000181. The molecule has 4 aromatic carbocycles. The Bertz CT molecular complexity index is 2190. The van der Waals surface area contributed by atoms with Crippen LogP contribution in [-0.2, 0) is 6.54 Å². The highest BCUT2D eigenvalue weighted by molar-refractivity contribution is 6.30. The number of ketones is 2. The van der Waals surface area contributed by atoms with Crippen LogP contribution in [0.25, 0.3) is 10.9 Å². The fourth-order valence-electron chi connectivity index (χ4n) is 7.27. The Morgan fingerprint density at radius 3 is 2.02 bits per heavy atom. The van der Waals surface area contributed by atoms with Gasteiger partial charge >= 0.3 is 0 Å². The fourth-order valence-corrected chi connectivity index (χ4v) is 7.39. The molecular formula is C41H42ClN5O6. The Hall–Kier alpha value is -5.81. The third kappa shape index (κ3) is 7.57. The van der Waals surface area contributed by atoms with Crippen molar-refractivity contribution in [2.24, 2.45) is 5.92 Å². The number of fused-ring (bicyclic) bond motifs is 2. The highest BCUT2D eigenvalue weighted by Gasteiger charge is 2.37. The number of benzene rings is 4. The van der Waals surface area contributed by atoms with E-state index < -0.39 is 5.78 Å². The number of allylic oxidation sites excluding steroid dienone is 2. The van der Waals surface area contributed by atoms with E-state index in [1.54, 1.807) is 45.6 Å². The molecule has 5 aromatic rings. The lowest BCUT2D eigenvalue weighted by Gasteiger charge is -2.31. The Kier molecular flexibility index (Phi) is 11.0. The molecule has 53 heavy (non-hydrogen) atoms. The molecule has 2 aliphatic carbocycles. The van der Waals surface area contributed by atoms with E-state index in [0.29, 0.717) is 52.2 Å².